The first kappa shape index (κ1) is 15.3. The molecular formula is C19H22N2O3. The summed E-state index contributed by atoms with van der Waals surface area (Å²) in [5.41, 5.74) is 1.51. The molecule has 3 heterocycles. The molecule has 0 aliphatic carbocycles. The summed E-state index contributed by atoms with van der Waals surface area (Å²) in [6.07, 6.45) is 5.91. The Balaban J connectivity index is 1.61. The van der Waals surface area contributed by atoms with E-state index in [1.165, 1.54) is 6.42 Å². The molecule has 0 spiro atoms. The molecule has 1 aromatic rings. The molecule has 5 nitrogen and oxygen atoms in total. The molecule has 1 N–H and O–H groups in total. The fourth-order valence-corrected chi connectivity index (χ4v) is 3.72. The van der Waals surface area contributed by atoms with Gasteiger partial charge in [0, 0.05) is 25.3 Å². The van der Waals surface area contributed by atoms with E-state index in [0.29, 0.717) is 18.1 Å². The molecule has 5 heteroatoms. The van der Waals surface area contributed by atoms with Crippen molar-refractivity contribution in [3.8, 4) is 0 Å². The lowest BCUT2D eigenvalue weighted by Gasteiger charge is -2.46. The van der Waals surface area contributed by atoms with Crippen LogP contribution in [0.5, 0.6) is 0 Å². The fourth-order valence-electron chi connectivity index (χ4n) is 3.72. The third-order valence-corrected chi connectivity index (χ3v) is 4.97. The predicted molar refractivity (Wildman–Crippen MR) is 89.5 cm³/mol. The molecule has 3 aliphatic heterocycles. The van der Waals surface area contributed by atoms with Crippen molar-refractivity contribution in [2.75, 3.05) is 13.1 Å². The second-order valence-electron chi connectivity index (χ2n) is 6.57. The molecule has 3 aliphatic rings. The number of rotatable bonds is 3. The van der Waals surface area contributed by atoms with E-state index in [-0.39, 0.29) is 11.9 Å². The molecule has 24 heavy (non-hydrogen) atoms. The van der Waals surface area contributed by atoms with Crippen molar-refractivity contribution in [1.82, 2.24) is 9.80 Å². The van der Waals surface area contributed by atoms with Gasteiger partial charge in [-0.15, -0.1) is 0 Å². The van der Waals surface area contributed by atoms with Gasteiger partial charge in [0.25, 0.3) is 5.91 Å². The van der Waals surface area contributed by atoms with Crippen molar-refractivity contribution in [2.45, 2.75) is 38.0 Å². The molecule has 2 atom stereocenters. The first-order valence-electron chi connectivity index (χ1n) is 8.59. The van der Waals surface area contributed by atoms with E-state index < -0.39 is 6.10 Å². The average Bonchev–Trinajstić information content (AvgIpc) is 2.62. The molecule has 2 saturated heterocycles. The zero-order chi connectivity index (χ0) is 16.5. The Morgan fingerprint density at radius 2 is 2.04 bits per heavy atom. The summed E-state index contributed by atoms with van der Waals surface area (Å²) in [5, 5.41) is 10.3. The summed E-state index contributed by atoms with van der Waals surface area (Å²) in [6, 6.07) is 10.1. The molecule has 1 unspecified atom stereocenters. The highest BCUT2D eigenvalue weighted by atomic mass is 16.5. The van der Waals surface area contributed by atoms with Gasteiger partial charge in [-0.1, -0.05) is 30.3 Å². The van der Waals surface area contributed by atoms with Crippen LogP contribution in [-0.4, -0.2) is 46.0 Å². The van der Waals surface area contributed by atoms with E-state index in [2.05, 4.69) is 0 Å². The smallest absolute Gasteiger partial charge is 0.274 e. The van der Waals surface area contributed by atoms with Gasteiger partial charge in [-0.3, -0.25) is 4.79 Å². The molecule has 0 bridgehead atoms. The number of piperazine rings is 1. The van der Waals surface area contributed by atoms with E-state index in [1.807, 2.05) is 46.3 Å². The van der Waals surface area contributed by atoms with Crippen LogP contribution in [0.25, 0.3) is 0 Å². The normalized spacial score (nSPS) is 26.3. The van der Waals surface area contributed by atoms with Crippen LogP contribution >= 0.6 is 0 Å². The zero-order valence-electron chi connectivity index (χ0n) is 13.6. The number of amides is 1. The van der Waals surface area contributed by atoms with E-state index in [9.17, 15) is 9.90 Å². The fraction of sp³-hybridized carbons (Fsp3) is 0.421. The van der Waals surface area contributed by atoms with Crippen molar-refractivity contribution in [3.05, 3.63) is 59.6 Å². The number of hydrogen-bond acceptors (Lipinski definition) is 4. The largest absolute Gasteiger partial charge is 0.488 e. The maximum Gasteiger partial charge on any atom is 0.274 e. The van der Waals surface area contributed by atoms with Crippen molar-refractivity contribution >= 4 is 5.91 Å². The minimum absolute atomic E-state index is 0.0163. The monoisotopic (exact) mass is 326 g/mol. The van der Waals surface area contributed by atoms with Gasteiger partial charge in [-0.05, 0) is 30.9 Å². The van der Waals surface area contributed by atoms with Crippen molar-refractivity contribution in [2.24, 2.45) is 0 Å². The Labute approximate surface area is 141 Å². The topological polar surface area (TPSA) is 53.0 Å². The van der Waals surface area contributed by atoms with Crippen molar-refractivity contribution in [1.29, 1.82) is 0 Å². The second-order valence-corrected chi connectivity index (χ2v) is 6.57. The summed E-state index contributed by atoms with van der Waals surface area (Å²) in [4.78, 5) is 16.9. The maximum atomic E-state index is 13.0. The third kappa shape index (κ3) is 2.69. The number of piperidine rings is 1. The molecular weight excluding hydrogens is 304 g/mol. The Hall–Kier alpha value is -2.27. The lowest BCUT2D eigenvalue weighted by atomic mass is 9.96. The Morgan fingerprint density at radius 1 is 1.21 bits per heavy atom. The van der Waals surface area contributed by atoms with Crippen molar-refractivity contribution < 1.29 is 14.6 Å². The zero-order valence-corrected chi connectivity index (χ0v) is 13.6. The molecule has 2 fully saturated rings. The molecule has 1 amide bonds. The highest BCUT2D eigenvalue weighted by Gasteiger charge is 2.41. The van der Waals surface area contributed by atoms with Gasteiger partial charge in [-0.2, -0.15) is 0 Å². The lowest BCUT2D eigenvalue weighted by Crippen LogP contribution is -2.56. The van der Waals surface area contributed by atoms with Crippen LogP contribution in [0.2, 0.25) is 0 Å². The molecule has 1 aromatic carbocycles. The standard InChI is InChI=1S/C19H22N2O3/c22-16-9-11-20-12-15-8-4-5-10-21(15)19(23)17(20)18(16)24-13-14-6-2-1-3-7-14/h1-3,6-7,9,11,15-16,22H,4-5,8,10,12-13H2/t15-,16?/m0/s1. The first-order valence-corrected chi connectivity index (χ1v) is 8.59. The minimum atomic E-state index is -0.870. The van der Waals surface area contributed by atoms with E-state index in [1.54, 1.807) is 6.08 Å². The van der Waals surface area contributed by atoms with Crippen LogP contribution < -0.4 is 0 Å². The van der Waals surface area contributed by atoms with E-state index in [0.717, 1.165) is 31.5 Å². The van der Waals surface area contributed by atoms with E-state index >= 15 is 0 Å². The van der Waals surface area contributed by atoms with Crippen LogP contribution in [-0.2, 0) is 16.1 Å². The second kappa shape index (κ2) is 6.32. The average molecular weight is 326 g/mol. The van der Waals surface area contributed by atoms with Crippen LogP contribution in [0.4, 0.5) is 0 Å². The highest BCUT2D eigenvalue weighted by Crippen LogP contribution is 2.32. The predicted octanol–water partition coefficient (Wildman–Crippen LogP) is 2.00. The molecule has 4 rings (SSSR count). The number of hydrogen-bond donors (Lipinski definition) is 1. The van der Waals surface area contributed by atoms with E-state index in [4.69, 9.17) is 4.74 Å². The number of nitrogens with zero attached hydrogens (tertiary/aromatic N) is 2. The van der Waals surface area contributed by atoms with Gasteiger partial charge in [0.2, 0.25) is 0 Å². The van der Waals surface area contributed by atoms with Gasteiger partial charge in [-0.25, -0.2) is 0 Å². The minimum Gasteiger partial charge on any atom is -0.488 e. The quantitative estimate of drug-likeness (QED) is 0.923. The number of benzene rings is 1. The Bertz CT molecular complexity index is 683. The molecule has 0 aromatic heterocycles. The van der Waals surface area contributed by atoms with Gasteiger partial charge < -0.3 is 19.6 Å². The number of ether oxygens (including phenoxy) is 1. The summed E-state index contributed by atoms with van der Waals surface area (Å²) in [6.45, 7) is 1.92. The summed E-state index contributed by atoms with van der Waals surface area (Å²) >= 11 is 0. The summed E-state index contributed by atoms with van der Waals surface area (Å²) in [5.74, 6) is 0.354. The van der Waals surface area contributed by atoms with Gasteiger partial charge in [0.15, 0.2) is 5.76 Å². The van der Waals surface area contributed by atoms with Crippen LogP contribution in [0.3, 0.4) is 0 Å². The van der Waals surface area contributed by atoms with Crippen molar-refractivity contribution in [3.63, 3.8) is 0 Å². The van der Waals surface area contributed by atoms with Crippen LogP contribution in [0.15, 0.2) is 54.1 Å². The third-order valence-electron chi connectivity index (χ3n) is 4.97. The number of carbonyl (C=O) groups is 1. The lowest BCUT2D eigenvalue weighted by molar-refractivity contribution is -0.136. The highest BCUT2D eigenvalue weighted by molar-refractivity contribution is 5.95. The molecule has 0 saturated carbocycles. The van der Waals surface area contributed by atoms with Crippen LogP contribution in [0, 0.1) is 0 Å². The first-order chi connectivity index (χ1) is 11.7. The SMILES string of the molecule is O=C1C2=C(OCc3ccccc3)C(O)C=CN2C[C@@H]2CCCCN12. The number of aliphatic hydroxyl groups is 1. The van der Waals surface area contributed by atoms with Gasteiger partial charge in [0.05, 0.1) is 0 Å². The van der Waals surface area contributed by atoms with Gasteiger partial charge in [0.1, 0.15) is 18.4 Å². The van der Waals surface area contributed by atoms with Gasteiger partial charge >= 0.3 is 0 Å². The molecule has 126 valence electrons. The summed E-state index contributed by atoms with van der Waals surface area (Å²) < 4.78 is 5.89. The number of carbonyl (C=O) groups excluding carboxylic acids is 1. The summed E-state index contributed by atoms with van der Waals surface area (Å²) in [7, 11) is 0. The van der Waals surface area contributed by atoms with Crippen LogP contribution in [0.1, 0.15) is 24.8 Å². The molecule has 0 radical (unpaired) electrons. The Kier molecular flexibility index (Phi) is 4.02. The number of fused-ring (bicyclic) bond motifs is 2. The number of aliphatic hydroxyl groups excluding tert-OH is 1. The Morgan fingerprint density at radius 3 is 2.88 bits per heavy atom. The maximum absolute atomic E-state index is 13.0.